The Balaban J connectivity index is 2.27. The first-order valence-electron chi connectivity index (χ1n) is 6.66. The van der Waals surface area contributed by atoms with E-state index in [4.69, 9.17) is 11.6 Å². The highest BCUT2D eigenvalue weighted by atomic mass is 35.5. The van der Waals surface area contributed by atoms with Crippen LogP contribution in [0.1, 0.15) is 15.9 Å². The molecule has 5 nitrogen and oxygen atoms in total. The second-order valence-electron chi connectivity index (χ2n) is 5.00. The van der Waals surface area contributed by atoms with E-state index in [0.717, 1.165) is 4.31 Å². The fourth-order valence-electron chi connectivity index (χ4n) is 2.42. The van der Waals surface area contributed by atoms with E-state index in [0.29, 0.717) is 10.6 Å². The molecule has 0 atom stereocenters. The number of carbonyl (C=O) groups excluding carboxylic acids is 1. The first kappa shape index (κ1) is 15.6. The number of Topliss-reactive ketones (excluding diaryl/α,β-unsaturated/α-hetero) is 1. The van der Waals surface area contributed by atoms with Gasteiger partial charge in [0.05, 0.1) is 4.90 Å². The molecule has 0 amide bonds. The number of sulfonamides is 1. The van der Waals surface area contributed by atoms with Crippen LogP contribution in [0.4, 0.5) is 0 Å². The van der Waals surface area contributed by atoms with Gasteiger partial charge in [-0.05, 0) is 36.4 Å². The van der Waals surface area contributed by atoms with Gasteiger partial charge in [0.15, 0.2) is 5.76 Å². The van der Waals surface area contributed by atoms with Crippen molar-refractivity contribution in [3.8, 4) is 0 Å². The maximum atomic E-state index is 12.6. The molecule has 0 aromatic heterocycles. The van der Waals surface area contributed by atoms with Crippen LogP contribution in [0.3, 0.4) is 0 Å². The van der Waals surface area contributed by atoms with E-state index in [1.807, 2.05) is 0 Å². The van der Waals surface area contributed by atoms with Gasteiger partial charge >= 0.3 is 0 Å². The largest absolute Gasteiger partial charge is 0.505 e. The normalized spacial score (nSPS) is 18.5. The number of hydrogen-bond acceptors (Lipinski definition) is 4. The van der Waals surface area contributed by atoms with E-state index in [-0.39, 0.29) is 16.2 Å². The third-order valence-electron chi connectivity index (χ3n) is 3.64. The van der Waals surface area contributed by atoms with Gasteiger partial charge < -0.3 is 5.11 Å². The maximum Gasteiger partial charge on any atom is 0.265 e. The molecule has 1 aliphatic heterocycles. The molecule has 7 heteroatoms. The quantitative estimate of drug-likeness (QED) is 0.634. The predicted octanol–water partition coefficient (Wildman–Crippen LogP) is 3.08. The molecule has 0 fully saturated rings. The van der Waals surface area contributed by atoms with Crippen molar-refractivity contribution < 1.29 is 18.3 Å². The molecule has 2 aromatic carbocycles. The summed E-state index contributed by atoms with van der Waals surface area (Å²) in [6, 6.07) is 12.0. The molecule has 2 aromatic rings. The molecule has 118 valence electrons. The lowest BCUT2D eigenvalue weighted by Gasteiger charge is -2.28. The van der Waals surface area contributed by atoms with Gasteiger partial charge in [0, 0.05) is 23.2 Å². The zero-order valence-corrected chi connectivity index (χ0v) is 13.6. The number of allylic oxidation sites excluding steroid dienone is 1. The molecule has 0 saturated heterocycles. The third kappa shape index (κ3) is 2.40. The number of hydrogen-bond donors (Lipinski definition) is 1. The van der Waals surface area contributed by atoms with E-state index in [1.165, 1.54) is 31.3 Å². The highest BCUT2D eigenvalue weighted by Crippen LogP contribution is 2.34. The zero-order valence-electron chi connectivity index (χ0n) is 12.0. The smallest absolute Gasteiger partial charge is 0.265 e. The van der Waals surface area contributed by atoms with Gasteiger partial charge in [0.1, 0.15) is 5.70 Å². The minimum atomic E-state index is -3.90. The van der Waals surface area contributed by atoms with Crippen molar-refractivity contribution in [3.63, 3.8) is 0 Å². The Labute approximate surface area is 138 Å². The minimum Gasteiger partial charge on any atom is -0.505 e. The monoisotopic (exact) mass is 349 g/mol. The number of likely N-dealkylation sites (N-methyl/N-ethyl adjacent to an activating group) is 1. The topological polar surface area (TPSA) is 74.7 Å². The molecule has 1 heterocycles. The van der Waals surface area contributed by atoms with E-state index >= 15 is 0 Å². The average Bonchev–Trinajstić information content (AvgIpc) is 2.54. The number of ketones is 1. The number of aliphatic hydroxyl groups excluding tert-OH is 1. The molecule has 23 heavy (non-hydrogen) atoms. The van der Waals surface area contributed by atoms with Gasteiger partial charge in [0.25, 0.3) is 10.0 Å². The molecule has 0 unspecified atom stereocenters. The molecule has 0 spiro atoms. The minimum absolute atomic E-state index is 0.0427. The molecule has 0 saturated carbocycles. The van der Waals surface area contributed by atoms with Crippen LogP contribution >= 0.6 is 11.6 Å². The second-order valence-corrected chi connectivity index (χ2v) is 7.38. The lowest BCUT2D eigenvalue weighted by atomic mass is 10.0. The Morgan fingerprint density at radius 2 is 1.70 bits per heavy atom. The fraction of sp³-hybridized carbons (Fsp3) is 0.0625. The van der Waals surface area contributed by atoms with Gasteiger partial charge in [0.2, 0.25) is 5.78 Å². The molecule has 0 bridgehead atoms. The van der Waals surface area contributed by atoms with Gasteiger partial charge in [-0.25, -0.2) is 8.42 Å². The lowest BCUT2D eigenvalue weighted by Crippen LogP contribution is -2.37. The Morgan fingerprint density at radius 1 is 1.09 bits per heavy atom. The summed E-state index contributed by atoms with van der Waals surface area (Å²) in [4.78, 5) is 12.6. The zero-order chi connectivity index (χ0) is 16.8. The van der Waals surface area contributed by atoms with Crippen LogP contribution < -0.4 is 0 Å². The second kappa shape index (κ2) is 5.40. The molecule has 1 N–H and O–H groups in total. The predicted molar refractivity (Wildman–Crippen MR) is 86.7 cm³/mol. The summed E-state index contributed by atoms with van der Waals surface area (Å²) in [6.07, 6.45) is 0. The van der Waals surface area contributed by atoms with Crippen LogP contribution in [-0.4, -0.2) is 30.7 Å². The van der Waals surface area contributed by atoms with Crippen LogP contribution in [0.15, 0.2) is 59.1 Å². The van der Waals surface area contributed by atoms with Crippen LogP contribution in [-0.2, 0) is 10.0 Å². The highest BCUT2D eigenvalue weighted by Gasteiger charge is 2.39. The first-order chi connectivity index (χ1) is 10.8. The summed E-state index contributed by atoms with van der Waals surface area (Å²) in [5.74, 6) is -0.961. The maximum absolute atomic E-state index is 12.6. The molecule has 3 rings (SSSR count). The van der Waals surface area contributed by atoms with Crippen molar-refractivity contribution in [2.45, 2.75) is 4.90 Å². The van der Waals surface area contributed by atoms with Crippen molar-refractivity contribution in [2.24, 2.45) is 0 Å². The number of carbonyl (C=O) groups is 1. The van der Waals surface area contributed by atoms with E-state index in [9.17, 15) is 18.3 Å². The summed E-state index contributed by atoms with van der Waals surface area (Å²) in [5, 5.41) is 10.9. The van der Waals surface area contributed by atoms with Gasteiger partial charge in [-0.2, -0.15) is 0 Å². The van der Waals surface area contributed by atoms with Crippen molar-refractivity contribution in [3.05, 3.63) is 70.4 Å². The molecule has 1 aliphatic rings. The average molecular weight is 350 g/mol. The third-order valence-corrected chi connectivity index (χ3v) is 5.71. The van der Waals surface area contributed by atoms with E-state index < -0.39 is 21.6 Å². The van der Waals surface area contributed by atoms with Crippen molar-refractivity contribution in [2.75, 3.05) is 7.05 Å². The summed E-state index contributed by atoms with van der Waals surface area (Å²) < 4.78 is 25.9. The molecule has 0 aliphatic carbocycles. The summed E-state index contributed by atoms with van der Waals surface area (Å²) >= 11 is 5.80. The van der Waals surface area contributed by atoms with Gasteiger partial charge in [-0.15, -0.1) is 0 Å². The summed E-state index contributed by atoms with van der Waals surface area (Å²) in [6.45, 7) is 0. The Hall–Kier alpha value is -2.31. The van der Waals surface area contributed by atoms with Crippen LogP contribution in [0.2, 0.25) is 5.02 Å². The Morgan fingerprint density at radius 3 is 2.35 bits per heavy atom. The van der Waals surface area contributed by atoms with Gasteiger partial charge in [-0.3, -0.25) is 9.10 Å². The Kier molecular flexibility index (Phi) is 3.66. The molecule has 0 radical (unpaired) electrons. The van der Waals surface area contributed by atoms with Crippen LogP contribution in [0, 0.1) is 0 Å². The number of rotatable bonds is 1. The Bertz CT molecular complexity index is 933. The number of fused-ring (bicyclic) bond motifs is 1. The summed E-state index contributed by atoms with van der Waals surface area (Å²) in [7, 11) is -2.65. The van der Waals surface area contributed by atoms with Crippen LogP contribution in [0.25, 0.3) is 5.76 Å². The number of benzene rings is 2. The number of nitrogens with zero attached hydrogens (tertiary/aromatic N) is 1. The van der Waals surface area contributed by atoms with Gasteiger partial charge in [-0.1, -0.05) is 23.7 Å². The SMILES string of the molecule is CN1/C(=C(\O)c2ccc(Cl)cc2)C(=O)c2ccccc2S1(=O)=O. The standard InChI is InChI=1S/C16H12ClNO4S/c1-18-14(15(19)10-6-8-11(17)9-7-10)16(20)12-4-2-3-5-13(12)23(18,21)22/h2-9,19H,1H3/b15-14-. The lowest BCUT2D eigenvalue weighted by molar-refractivity contribution is 0.100. The summed E-state index contributed by atoms with van der Waals surface area (Å²) in [5.41, 5.74) is 0.0614. The number of halogens is 1. The molecular formula is C16H12ClNO4S. The van der Waals surface area contributed by atoms with Crippen molar-refractivity contribution in [1.82, 2.24) is 4.31 Å². The van der Waals surface area contributed by atoms with E-state index in [1.54, 1.807) is 24.3 Å². The van der Waals surface area contributed by atoms with E-state index in [2.05, 4.69) is 0 Å². The van der Waals surface area contributed by atoms with Crippen LogP contribution in [0.5, 0.6) is 0 Å². The van der Waals surface area contributed by atoms with Crippen molar-refractivity contribution >= 4 is 33.2 Å². The molecular weight excluding hydrogens is 338 g/mol. The first-order valence-corrected chi connectivity index (χ1v) is 8.47. The van der Waals surface area contributed by atoms with Crippen molar-refractivity contribution in [1.29, 1.82) is 0 Å². The highest BCUT2D eigenvalue weighted by molar-refractivity contribution is 7.89. The number of aliphatic hydroxyl groups is 1. The fourth-order valence-corrected chi connectivity index (χ4v) is 3.94.